The molecule has 5 rings (SSSR count). The van der Waals surface area contributed by atoms with Gasteiger partial charge in [-0.05, 0) is 48.6 Å². The molecule has 4 nitrogen and oxygen atoms in total. The molecule has 1 aliphatic carbocycles. The van der Waals surface area contributed by atoms with Gasteiger partial charge in [0, 0.05) is 32.7 Å². The van der Waals surface area contributed by atoms with Gasteiger partial charge in [0.05, 0.1) is 12.1 Å². The third kappa shape index (κ3) is 3.73. The molecule has 0 spiro atoms. The van der Waals surface area contributed by atoms with E-state index < -0.39 is 0 Å². The molecule has 3 aromatic rings. The largest absolute Gasteiger partial charge is 0.357 e. The minimum absolute atomic E-state index is 0.0768. The summed E-state index contributed by atoms with van der Waals surface area (Å²) in [6.45, 7) is 0. The smallest absolute Gasteiger partial charge is 0.237 e. The first kappa shape index (κ1) is 19.9. The van der Waals surface area contributed by atoms with E-state index in [0.717, 1.165) is 29.6 Å². The summed E-state index contributed by atoms with van der Waals surface area (Å²) in [6.07, 6.45) is 6.45. The zero-order valence-corrected chi connectivity index (χ0v) is 18.2. The average Bonchev–Trinajstić information content (AvgIpc) is 3.13. The molecule has 1 aromatic heterocycles. The van der Waals surface area contributed by atoms with Crippen molar-refractivity contribution in [2.24, 2.45) is 0 Å². The number of nitrogens with one attached hydrogen (secondary N) is 3. The lowest BCUT2D eigenvalue weighted by molar-refractivity contribution is -0.124. The molecule has 0 saturated heterocycles. The summed E-state index contributed by atoms with van der Waals surface area (Å²) in [5.74, 6) is 0.0768. The lowest BCUT2D eigenvalue weighted by Crippen LogP contribution is -2.52. The number of aromatic nitrogens is 1. The number of carbonyl (C=O) groups is 1. The summed E-state index contributed by atoms with van der Waals surface area (Å²) in [4.78, 5) is 16.8. The molecule has 0 radical (unpaired) electrons. The molecule has 2 atom stereocenters. The third-order valence-electron chi connectivity index (χ3n) is 6.45. The van der Waals surface area contributed by atoms with E-state index in [0.29, 0.717) is 16.5 Å². The molecule has 2 aromatic carbocycles. The second-order valence-electron chi connectivity index (χ2n) is 8.43. The standard InChI is InChI=1S/C24H25Cl2N3O/c25-14-10-11-17(19(26)12-14)22-23-18(16-8-4-5-9-20(16)28-23)13-21(29-22)24(30)27-15-6-2-1-3-7-15/h4-5,8-12,15,21-22,28-29H,1-3,6-7,13H2,(H,27,30)/t21-,22+/m0/s1. The Morgan fingerprint density at radius 2 is 1.83 bits per heavy atom. The highest BCUT2D eigenvalue weighted by molar-refractivity contribution is 6.35. The predicted octanol–water partition coefficient (Wildman–Crippen LogP) is 5.53. The number of H-pyrrole nitrogens is 1. The van der Waals surface area contributed by atoms with Crippen molar-refractivity contribution < 1.29 is 4.79 Å². The highest BCUT2D eigenvalue weighted by Crippen LogP contribution is 2.38. The Labute approximate surface area is 186 Å². The van der Waals surface area contributed by atoms with Crippen molar-refractivity contribution in [2.45, 2.75) is 56.7 Å². The van der Waals surface area contributed by atoms with E-state index in [9.17, 15) is 4.79 Å². The average molecular weight is 442 g/mol. The summed E-state index contributed by atoms with van der Waals surface area (Å²) in [7, 11) is 0. The van der Waals surface area contributed by atoms with Crippen molar-refractivity contribution in [2.75, 3.05) is 0 Å². The fourth-order valence-electron chi connectivity index (χ4n) is 4.93. The normalized spacial score (nSPS) is 22.1. The van der Waals surface area contributed by atoms with Crippen LogP contribution in [0, 0.1) is 0 Å². The van der Waals surface area contributed by atoms with Crippen LogP contribution in [0.3, 0.4) is 0 Å². The Bertz CT molecular complexity index is 1090. The van der Waals surface area contributed by atoms with Gasteiger partial charge >= 0.3 is 0 Å². The van der Waals surface area contributed by atoms with E-state index in [1.54, 1.807) is 6.07 Å². The van der Waals surface area contributed by atoms with Gasteiger partial charge in [0.15, 0.2) is 0 Å². The molecule has 30 heavy (non-hydrogen) atoms. The number of aromatic amines is 1. The van der Waals surface area contributed by atoms with Gasteiger partial charge < -0.3 is 10.3 Å². The van der Waals surface area contributed by atoms with Crippen LogP contribution in [0.25, 0.3) is 10.9 Å². The van der Waals surface area contributed by atoms with E-state index in [1.165, 1.54) is 30.2 Å². The van der Waals surface area contributed by atoms with Crippen LogP contribution < -0.4 is 10.6 Å². The highest BCUT2D eigenvalue weighted by Gasteiger charge is 2.35. The number of para-hydroxylation sites is 1. The summed E-state index contributed by atoms with van der Waals surface area (Å²) in [5, 5.41) is 9.22. The Morgan fingerprint density at radius 3 is 2.63 bits per heavy atom. The number of hydrogen-bond donors (Lipinski definition) is 3. The number of carbonyl (C=O) groups excluding carboxylic acids is 1. The number of benzene rings is 2. The molecular formula is C24H25Cl2N3O. The van der Waals surface area contributed by atoms with Crippen LogP contribution in [0.4, 0.5) is 0 Å². The van der Waals surface area contributed by atoms with Crippen molar-refractivity contribution in [3.8, 4) is 0 Å². The summed E-state index contributed by atoms with van der Waals surface area (Å²) >= 11 is 12.7. The maximum absolute atomic E-state index is 13.2. The Kier molecular flexibility index (Phi) is 5.48. The van der Waals surface area contributed by atoms with E-state index >= 15 is 0 Å². The van der Waals surface area contributed by atoms with Crippen LogP contribution >= 0.6 is 23.2 Å². The molecule has 156 valence electrons. The van der Waals surface area contributed by atoms with Crippen LogP contribution in [-0.4, -0.2) is 23.0 Å². The third-order valence-corrected chi connectivity index (χ3v) is 7.02. The fourth-order valence-corrected chi connectivity index (χ4v) is 5.45. The summed E-state index contributed by atoms with van der Waals surface area (Å²) in [6, 6.07) is 13.6. The molecular weight excluding hydrogens is 417 g/mol. The van der Waals surface area contributed by atoms with Crippen LogP contribution in [0.15, 0.2) is 42.5 Å². The molecule has 6 heteroatoms. The van der Waals surface area contributed by atoms with Crippen molar-refractivity contribution in [1.29, 1.82) is 0 Å². The van der Waals surface area contributed by atoms with Crippen LogP contribution in [0.5, 0.6) is 0 Å². The molecule has 2 heterocycles. The Hall–Kier alpha value is -2.01. The number of rotatable bonds is 3. The molecule has 2 aliphatic rings. The van der Waals surface area contributed by atoms with E-state index in [-0.39, 0.29) is 24.0 Å². The maximum Gasteiger partial charge on any atom is 0.237 e. The first-order valence-corrected chi connectivity index (χ1v) is 11.5. The number of halogens is 2. The van der Waals surface area contributed by atoms with Crippen molar-refractivity contribution in [3.63, 3.8) is 0 Å². The van der Waals surface area contributed by atoms with Crippen LogP contribution in [-0.2, 0) is 11.2 Å². The topological polar surface area (TPSA) is 56.9 Å². The van der Waals surface area contributed by atoms with E-state index in [4.69, 9.17) is 23.2 Å². The summed E-state index contributed by atoms with van der Waals surface area (Å²) in [5.41, 5.74) is 4.25. The second kappa shape index (κ2) is 8.26. The maximum atomic E-state index is 13.2. The second-order valence-corrected chi connectivity index (χ2v) is 9.27. The van der Waals surface area contributed by atoms with Gasteiger partial charge in [-0.1, -0.05) is 66.7 Å². The Morgan fingerprint density at radius 1 is 1.03 bits per heavy atom. The fraction of sp³-hybridized carbons (Fsp3) is 0.375. The molecule has 1 aliphatic heterocycles. The van der Waals surface area contributed by atoms with Gasteiger partial charge in [0.25, 0.3) is 0 Å². The lowest BCUT2D eigenvalue weighted by atomic mass is 9.89. The first-order chi connectivity index (χ1) is 14.6. The van der Waals surface area contributed by atoms with Gasteiger partial charge in [-0.3, -0.25) is 10.1 Å². The van der Waals surface area contributed by atoms with E-state index in [1.807, 2.05) is 24.3 Å². The number of hydrogen-bond acceptors (Lipinski definition) is 2. The minimum Gasteiger partial charge on any atom is -0.357 e. The van der Waals surface area contributed by atoms with Crippen molar-refractivity contribution in [1.82, 2.24) is 15.6 Å². The van der Waals surface area contributed by atoms with Crippen molar-refractivity contribution in [3.05, 3.63) is 69.3 Å². The predicted molar refractivity (Wildman–Crippen MR) is 122 cm³/mol. The zero-order valence-electron chi connectivity index (χ0n) is 16.7. The lowest BCUT2D eigenvalue weighted by Gasteiger charge is -2.33. The van der Waals surface area contributed by atoms with Gasteiger partial charge in [-0.25, -0.2) is 0 Å². The number of amides is 1. The monoisotopic (exact) mass is 441 g/mol. The van der Waals surface area contributed by atoms with Gasteiger partial charge in [-0.15, -0.1) is 0 Å². The highest BCUT2D eigenvalue weighted by atomic mass is 35.5. The molecule has 0 bridgehead atoms. The Balaban J connectivity index is 1.52. The molecule has 1 amide bonds. The molecule has 0 unspecified atom stereocenters. The number of fused-ring (bicyclic) bond motifs is 3. The SMILES string of the molecule is O=C(NC1CCCCC1)[C@@H]1Cc2c([nH]c3ccccc23)[C@@H](c2ccc(Cl)cc2Cl)N1. The quantitative estimate of drug-likeness (QED) is 0.500. The van der Waals surface area contributed by atoms with Gasteiger partial charge in [0.1, 0.15) is 0 Å². The zero-order chi connectivity index (χ0) is 20.7. The molecule has 1 fully saturated rings. The molecule has 1 saturated carbocycles. The van der Waals surface area contributed by atoms with Gasteiger partial charge in [-0.2, -0.15) is 0 Å². The van der Waals surface area contributed by atoms with Crippen LogP contribution in [0.1, 0.15) is 55.0 Å². The minimum atomic E-state index is -0.310. The van der Waals surface area contributed by atoms with Crippen LogP contribution in [0.2, 0.25) is 10.0 Å². The summed E-state index contributed by atoms with van der Waals surface area (Å²) < 4.78 is 0. The molecule has 3 N–H and O–H groups in total. The van der Waals surface area contributed by atoms with E-state index in [2.05, 4.69) is 27.8 Å². The first-order valence-electron chi connectivity index (χ1n) is 10.7. The van der Waals surface area contributed by atoms with Gasteiger partial charge in [0.2, 0.25) is 5.91 Å². The van der Waals surface area contributed by atoms with Crippen molar-refractivity contribution >= 4 is 40.0 Å².